The minimum Gasteiger partial charge on any atom is -0.508 e. The van der Waals surface area contributed by atoms with Crippen molar-refractivity contribution in [3.05, 3.63) is 29.3 Å². The second-order valence-electron chi connectivity index (χ2n) is 2.70. The molecule has 0 aliphatic rings. The minimum absolute atomic E-state index is 0.119. The van der Waals surface area contributed by atoms with Gasteiger partial charge >= 0.3 is 0 Å². The Kier molecular flexibility index (Phi) is 3.37. The van der Waals surface area contributed by atoms with Gasteiger partial charge in [-0.05, 0) is 19.1 Å². The minimum atomic E-state index is 0.119. The molecule has 0 saturated heterocycles. The molecule has 0 heterocycles. The number of halogens is 1. The van der Waals surface area contributed by atoms with Gasteiger partial charge in [0.25, 0.3) is 0 Å². The van der Waals surface area contributed by atoms with E-state index in [-0.39, 0.29) is 11.5 Å². The average molecular weight is 243 g/mol. The van der Waals surface area contributed by atoms with Crippen LogP contribution < -0.4 is 0 Å². The number of allylic oxidation sites excluding steroid dienone is 1. The molecule has 1 aromatic carbocycles. The molecule has 13 heavy (non-hydrogen) atoms. The molecule has 0 saturated carbocycles. The fourth-order valence-electron chi connectivity index (χ4n) is 1.02. The van der Waals surface area contributed by atoms with Crippen LogP contribution >= 0.6 is 15.9 Å². The van der Waals surface area contributed by atoms with Gasteiger partial charge in [0, 0.05) is 16.5 Å². The Hall–Kier alpha value is -0.960. The highest BCUT2D eigenvalue weighted by Gasteiger charge is 2.04. The van der Waals surface area contributed by atoms with Crippen LogP contribution in [-0.4, -0.2) is 15.5 Å². The zero-order valence-corrected chi connectivity index (χ0v) is 8.87. The number of alkyl halides is 1. The molecule has 2 N–H and O–H groups in total. The first-order valence-corrected chi connectivity index (χ1v) is 5.03. The molecule has 3 heteroatoms. The van der Waals surface area contributed by atoms with Gasteiger partial charge in [-0.1, -0.05) is 28.1 Å². The lowest BCUT2D eigenvalue weighted by Crippen LogP contribution is -1.81. The van der Waals surface area contributed by atoms with E-state index in [1.54, 1.807) is 25.1 Å². The highest BCUT2D eigenvalue weighted by Crippen LogP contribution is 2.30. The third-order valence-corrected chi connectivity index (χ3v) is 2.19. The second-order valence-corrected chi connectivity index (χ2v) is 3.35. The number of phenolic OH excluding ortho intramolecular Hbond substituents is 2. The van der Waals surface area contributed by atoms with Gasteiger partial charge in [0.1, 0.15) is 11.5 Å². The topological polar surface area (TPSA) is 40.5 Å². The third kappa shape index (κ3) is 2.25. The predicted octanol–water partition coefficient (Wildman–Crippen LogP) is 2.81. The highest BCUT2D eigenvalue weighted by molar-refractivity contribution is 9.09. The van der Waals surface area contributed by atoms with Crippen LogP contribution in [0.25, 0.3) is 6.08 Å². The monoisotopic (exact) mass is 242 g/mol. The summed E-state index contributed by atoms with van der Waals surface area (Å²) in [6.07, 6.45) is 3.68. The van der Waals surface area contributed by atoms with Gasteiger partial charge in [0.2, 0.25) is 0 Å². The first-order valence-electron chi connectivity index (χ1n) is 3.91. The lowest BCUT2D eigenvalue weighted by Gasteiger charge is -2.04. The number of rotatable bonds is 2. The van der Waals surface area contributed by atoms with Crippen LogP contribution in [0.2, 0.25) is 0 Å². The molecule has 2 nitrogen and oxygen atoms in total. The molecule has 0 aromatic heterocycles. The van der Waals surface area contributed by atoms with Gasteiger partial charge in [0.15, 0.2) is 0 Å². The molecule has 0 radical (unpaired) electrons. The SMILES string of the molecule is Cc1c(O)ccc(C=CCBr)c1O. The van der Waals surface area contributed by atoms with Crippen LogP contribution in [0.4, 0.5) is 0 Å². The standard InChI is InChI=1S/C10H11BrO2/c1-7-9(12)5-4-8(10(7)13)3-2-6-11/h2-5,12-13H,6H2,1H3. The molecule has 1 rings (SSSR count). The number of benzene rings is 1. The summed E-state index contributed by atoms with van der Waals surface area (Å²) in [6.45, 7) is 1.68. The van der Waals surface area contributed by atoms with E-state index in [4.69, 9.17) is 0 Å². The number of phenols is 2. The van der Waals surface area contributed by atoms with Crippen LogP contribution in [0.1, 0.15) is 11.1 Å². The molecular formula is C10H11BrO2. The van der Waals surface area contributed by atoms with E-state index in [0.717, 1.165) is 10.9 Å². The van der Waals surface area contributed by atoms with Gasteiger partial charge in [0.05, 0.1) is 0 Å². The van der Waals surface area contributed by atoms with Crippen LogP contribution in [0.5, 0.6) is 11.5 Å². The van der Waals surface area contributed by atoms with Crippen molar-refractivity contribution in [2.24, 2.45) is 0 Å². The molecule has 70 valence electrons. The van der Waals surface area contributed by atoms with Crippen LogP contribution in [-0.2, 0) is 0 Å². The van der Waals surface area contributed by atoms with E-state index in [1.807, 2.05) is 6.08 Å². The van der Waals surface area contributed by atoms with Crippen molar-refractivity contribution in [3.8, 4) is 11.5 Å². The van der Waals surface area contributed by atoms with Gasteiger partial charge in [-0.3, -0.25) is 0 Å². The smallest absolute Gasteiger partial charge is 0.129 e. The summed E-state index contributed by atoms with van der Waals surface area (Å²) in [5.41, 5.74) is 1.23. The summed E-state index contributed by atoms with van der Waals surface area (Å²) in [5.74, 6) is 0.255. The van der Waals surface area contributed by atoms with Crippen molar-refractivity contribution < 1.29 is 10.2 Å². The van der Waals surface area contributed by atoms with Crippen LogP contribution in [0.15, 0.2) is 18.2 Å². The molecule has 1 aromatic rings. The second kappa shape index (κ2) is 4.33. The Labute approximate surface area is 85.7 Å². The lowest BCUT2D eigenvalue weighted by molar-refractivity contribution is 0.442. The van der Waals surface area contributed by atoms with Crippen molar-refractivity contribution in [2.45, 2.75) is 6.92 Å². The summed E-state index contributed by atoms with van der Waals surface area (Å²) >= 11 is 3.25. The van der Waals surface area contributed by atoms with Crippen molar-refractivity contribution in [1.29, 1.82) is 0 Å². The molecule has 0 bridgehead atoms. The van der Waals surface area contributed by atoms with E-state index in [9.17, 15) is 10.2 Å². The lowest BCUT2D eigenvalue weighted by atomic mass is 10.1. The summed E-state index contributed by atoms with van der Waals surface area (Å²) in [7, 11) is 0. The zero-order chi connectivity index (χ0) is 9.84. The van der Waals surface area contributed by atoms with Crippen molar-refractivity contribution in [3.63, 3.8) is 0 Å². The summed E-state index contributed by atoms with van der Waals surface area (Å²) < 4.78 is 0. The largest absolute Gasteiger partial charge is 0.508 e. The molecule has 0 spiro atoms. The maximum atomic E-state index is 9.58. The maximum absolute atomic E-state index is 9.58. The number of hydrogen-bond donors (Lipinski definition) is 2. The zero-order valence-electron chi connectivity index (χ0n) is 7.29. The summed E-state index contributed by atoms with van der Waals surface area (Å²) in [6, 6.07) is 3.25. The Balaban J connectivity index is 3.11. The first kappa shape index (κ1) is 10.1. The van der Waals surface area contributed by atoms with E-state index in [1.165, 1.54) is 0 Å². The van der Waals surface area contributed by atoms with E-state index in [0.29, 0.717) is 5.56 Å². The normalized spacial score (nSPS) is 10.9. The van der Waals surface area contributed by atoms with Crippen molar-refractivity contribution in [2.75, 3.05) is 5.33 Å². The van der Waals surface area contributed by atoms with Crippen LogP contribution in [0.3, 0.4) is 0 Å². The van der Waals surface area contributed by atoms with Gasteiger partial charge in [-0.2, -0.15) is 0 Å². The summed E-state index contributed by atoms with van der Waals surface area (Å²) in [5, 5.41) is 19.6. The Morgan fingerprint density at radius 3 is 2.69 bits per heavy atom. The van der Waals surface area contributed by atoms with E-state index in [2.05, 4.69) is 15.9 Å². The first-order chi connectivity index (χ1) is 6.16. The number of aromatic hydroxyl groups is 2. The molecule has 0 amide bonds. The average Bonchev–Trinajstić information content (AvgIpc) is 2.13. The summed E-state index contributed by atoms with van der Waals surface area (Å²) in [4.78, 5) is 0. The highest BCUT2D eigenvalue weighted by atomic mass is 79.9. The third-order valence-electron chi connectivity index (χ3n) is 1.82. The Morgan fingerprint density at radius 2 is 2.08 bits per heavy atom. The maximum Gasteiger partial charge on any atom is 0.129 e. The quantitative estimate of drug-likeness (QED) is 0.784. The van der Waals surface area contributed by atoms with Crippen molar-refractivity contribution in [1.82, 2.24) is 0 Å². The van der Waals surface area contributed by atoms with E-state index < -0.39 is 0 Å². The Morgan fingerprint density at radius 1 is 1.38 bits per heavy atom. The predicted molar refractivity (Wildman–Crippen MR) is 57.3 cm³/mol. The fourth-order valence-corrected chi connectivity index (χ4v) is 1.20. The van der Waals surface area contributed by atoms with E-state index >= 15 is 0 Å². The molecule has 0 atom stereocenters. The fraction of sp³-hybridized carbons (Fsp3) is 0.200. The van der Waals surface area contributed by atoms with Crippen LogP contribution in [0, 0.1) is 6.92 Å². The van der Waals surface area contributed by atoms with Gasteiger partial charge in [-0.25, -0.2) is 0 Å². The van der Waals surface area contributed by atoms with Gasteiger partial charge in [-0.15, -0.1) is 0 Å². The van der Waals surface area contributed by atoms with Gasteiger partial charge < -0.3 is 10.2 Å². The number of hydrogen-bond acceptors (Lipinski definition) is 2. The molecule has 0 aliphatic heterocycles. The molecule has 0 unspecified atom stereocenters. The van der Waals surface area contributed by atoms with Crippen molar-refractivity contribution >= 4 is 22.0 Å². The molecule has 0 aliphatic carbocycles. The molecule has 0 fully saturated rings. The Bertz CT molecular complexity index is 332. The molecular weight excluding hydrogens is 232 g/mol.